The van der Waals surface area contributed by atoms with Gasteiger partial charge in [-0.2, -0.15) is 0 Å². The van der Waals surface area contributed by atoms with E-state index in [9.17, 15) is 0 Å². The molecular weight excluding hydrogens is 458 g/mol. The zero-order valence-corrected chi connectivity index (χ0v) is 22.1. The molecule has 35 heavy (non-hydrogen) atoms. The maximum absolute atomic E-state index is 2.40. The minimum atomic E-state index is -0.141. The molecule has 0 saturated carbocycles. The maximum Gasteiger partial charge on any atom is 0.00507 e. The van der Waals surface area contributed by atoms with Crippen LogP contribution < -0.4 is 0 Å². The summed E-state index contributed by atoms with van der Waals surface area (Å²) in [6, 6.07) is 45.9. The van der Waals surface area contributed by atoms with Gasteiger partial charge in [-0.15, -0.1) is 0 Å². The quantitative estimate of drug-likeness (QED) is 0.235. The van der Waals surface area contributed by atoms with E-state index in [1.54, 1.807) is 22.3 Å². The Hall–Kier alpha value is -2.26. The molecule has 4 aromatic carbocycles. The highest BCUT2D eigenvalue weighted by Gasteiger charge is 2.44. The average molecular weight is 493 g/mol. The Morgan fingerprint density at radius 2 is 0.600 bits per heavy atom. The molecule has 0 aliphatic carbocycles. The van der Waals surface area contributed by atoms with Crippen molar-refractivity contribution in [3.05, 3.63) is 144 Å². The van der Waals surface area contributed by atoms with Gasteiger partial charge in [-0.1, -0.05) is 137 Å². The first kappa shape index (κ1) is 23.2. The second kappa shape index (κ2) is 10.8. The predicted molar refractivity (Wildman–Crippen MR) is 154 cm³/mol. The summed E-state index contributed by atoms with van der Waals surface area (Å²) in [5.74, 6) is 1.43. The van der Waals surface area contributed by atoms with E-state index in [2.05, 4.69) is 121 Å². The van der Waals surface area contributed by atoms with Gasteiger partial charge in [-0.25, -0.2) is 0 Å². The van der Waals surface area contributed by atoms with Crippen LogP contribution in [0.4, 0.5) is 0 Å². The van der Waals surface area contributed by atoms with Crippen molar-refractivity contribution < 1.29 is 0 Å². The third kappa shape index (κ3) is 4.89. The minimum absolute atomic E-state index is 0.141. The van der Waals surface area contributed by atoms with Gasteiger partial charge in [0, 0.05) is 22.6 Å². The second-order valence-corrected chi connectivity index (χ2v) is 15.7. The first-order valence-electron chi connectivity index (χ1n) is 13.1. The summed E-state index contributed by atoms with van der Waals surface area (Å²) in [5.41, 5.74) is 9.24. The first-order valence-corrected chi connectivity index (χ1v) is 16.4. The number of hydrogen-bond donors (Lipinski definition) is 0. The van der Waals surface area contributed by atoms with E-state index < -0.39 is 0 Å². The minimum Gasteiger partial charge on any atom is -0.0869 e. The molecule has 0 aromatic heterocycles. The summed E-state index contributed by atoms with van der Waals surface area (Å²) < 4.78 is 0. The largest absolute Gasteiger partial charge is 0.0869 e. The Morgan fingerprint density at radius 1 is 0.371 bits per heavy atom. The zero-order valence-electron chi connectivity index (χ0n) is 20.3. The Kier molecular flexibility index (Phi) is 7.13. The Balaban J connectivity index is 1.39. The molecule has 2 fully saturated rings. The van der Waals surface area contributed by atoms with E-state index in [1.165, 1.54) is 31.6 Å². The van der Waals surface area contributed by atoms with E-state index in [4.69, 9.17) is 0 Å². The van der Waals surface area contributed by atoms with Crippen LogP contribution in [0.15, 0.2) is 121 Å². The molecular formula is C33H34P2. The molecule has 0 amide bonds. The van der Waals surface area contributed by atoms with Crippen LogP contribution in [0, 0.1) is 0 Å². The molecule has 0 spiro atoms. The van der Waals surface area contributed by atoms with Crippen LogP contribution in [0.3, 0.4) is 0 Å². The van der Waals surface area contributed by atoms with Gasteiger partial charge in [0.05, 0.1) is 0 Å². The molecule has 2 saturated heterocycles. The van der Waals surface area contributed by atoms with Crippen molar-refractivity contribution in [3.63, 3.8) is 0 Å². The fraction of sp³-hybridized carbons (Fsp3) is 0.273. The molecule has 6 rings (SSSR count). The van der Waals surface area contributed by atoms with Gasteiger partial charge < -0.3 is 0 Å². The van der Waals surface area contributed by atoms with Crippen molar-refractivity contribution in [3.8, 4) is 0 Å². The Labute approximate surface area is 213 Å². The predicted octanol–water partition coefficient (Wildman–Crippen LogP) is 10.5. The molecule has 0 N–H and O–H groups in total. The van der Waals surface area contributed by atoms with Crippen LogP contribution in [0.5, 0.6) is 0 Å². The molecule has 0 bridgehead atoms. The van der Waals surface area contributed by atoms with Gasteiger partial charge >= 0.3 is 0 Å². The summed E-state index contributed by atoms with van der Waals surface area (Å²) in [6.45, 7) is 0. The molecule has 2 aliphatic rings. The highest BCUT2D eigenvalue weighted by atomic mass is 31.2. The molecule has 2 heteroatoms. The van der Waals surface area contributed by atoms with Crippen molar-refractivity contribution in [1.29, 1.82) is 0 Å². The fourth-order valence-corrected chi connectivity index (χ4v) is 16.1. The topological polar surface area (TPSA) is 0 Å². The molecule has 176 valence electrons. The molecule has 2 aliphatic heterocycles. The van der Waals surface area contributed by atoms with Crippen LogP contribution in [-0.4, -0.2) is 5.90 Å². The summed E-state index contributed by atoms with van der Waals surface area (Å²) >= 11 is 0. The summed E-state index contributed by atoms with van der Waals surface area (Å²) in [5, 5.41) is 0. The lowest BCUT2D eigenvalue weighted by Crippen LogP contribution is -2.02. The van der Waals surface area contributed by atoms with Crippen molar-refractivity contribution in [2.75, 3.05) is 5.90 Å². The monoisotopic (exact) mass is 492 g/mol. The van der Waals surface area contributed by atoms with Crippen molar-refractivity contribution >= 4 is 15.8 Å². The van der Waals surface area contributed by atoms with E-state index in [0.29, 0.717) is 0 Å². The molecule has 0 radical (unpaired) electrons. The van der Waals surface area contributed by atoms with Crippen molar-refractivity contribution in [1.82, 2.24) is 0 Å². The lowest BCUT2D eigenvalue weighted by atomic mass is 10.0. The number of hydrogen-bond acceptors (Lipinski definition) is 0. The SMILES string of the molecule is c1ccc([C@@H]2CC[C@@H](c3ccccc3)P2CP2[C@H](c3ccccc3)CC[C@H]2c2ccccc2)cc1. The third-order valence-electron chi connectivity index (χ3n) is 8.09. The molecule has 0 nitrogen and oxygen atoms in total. The van der Waals surface area contributed by atoms with Gasteiger partial charge in [0.15, 0.2) is 0 Å². The molecule has 4 atom stereocenters. The van der Waals surface area contributed by atoms with Crippen LogP contribution in [0.1, 0.15) is 70.6 Å². The normalized spacial score (nSPS) is 25.1. The van der Waals surface area contributed by atoms with Crippen LogP contribution in [-0.2, 0) is 0 Å². The van der Waals surface area contributed by atoms with Gasteiger partial charge in [0.2, 0.25) is 0 Å². The Morgan fingerprint density at radius 3 is 0.829 bits per heavy atom. The summed E-state index contributed by atoms with van der Waals surface area (Å²) in [4.78, 5) is 0. The van der Waals surface area contributed by atoms with E-state index in [1.807, 2.05) is 0 Å². The third-order valence-corrected chi connectivity index (χ3v) is 16.1. The summed E-state index contributed by atoms with van der Waals surface area (Å²) in [7, 11) is -0.281. The zero-order chi connectivity index (χ0) is 23.5. The standard InChI is InChI=1S/C33H34P2/c1-5-13-26(14-6-1)30-21-22-31(27-15-7-2-8-16-27)34(30)25-35-32(28-17-9-3-10-18-28)23-24-33(35)29-19-11-4-12-20-29/h1-20,30-33H,21-25H2/t30-,31-,32-,33-/m0/s1. The lowest BCUT2D eigenvalue weighted by molar-refractivity contribution is 0.765. The van der Waals surface area contributed by atoms with Gasteiger partial charge in [-0.3, -0.25) is 0 Å². The van der Waals surface area contributed by atoms with E-state index in [0.717, 1.165) is 22.6 Å². The van der Waals surface area contributed by atoms with Crippen LogP contribution in [0.2, 0.25) is 0 Å². The second-order valence-electron chi connectivity index (χ2n) is 10.0. The smallest absolute Gasteiger partial charge is 0.00507 e. The average Bonchev–Trinajstić information content (AvgIpc) is 3.55. The number of benzene rings is 4. The van der Waals surface area contributed by atoms with Crippen molar-refractivity contribution in [2.24, 2.45) is 0 Å². The van der Waals surface area contributed by atoms with E-state index in [-0.39, 0.29) is 15.8 Å². The lowest BCUT2D eigenvalue weighted by Gasteiger charge is -2.35. The molecule has 2 heterocycles. The number of rotatable bonds is 6. The molecule has 4 aromatic rings. The maximum atomic E-state index is 2.40. The van der Waals surface area contributed by atoms with Crippen LogP contribution in [0.25, 0.3) is 0 Å². The van der Waals surface area contributed by atoms with E-state index >= 15 is 0 Å². The van der Waals surface area contributed by atoms with Gasteiger partial charge in [0.1, 0.15) is 0 Å². The van der Waals surface area contributed by atoms with Gasteiger partial charge in [-0.05, 0) is 53.8 Å². The first-order chi connectivity index (χ1) is 17.4. The molecule has 0 unspecified atom stereocenters. The van der Waals surface area contributed by atoms with Gasteiger partial charge in [0.25, 0.3) is 0 Å². The summed E-state index contributed by atoms with van der Waals surface area (Å²) in [6.07, 6.45) is 5.35. The highest BCUT2D eigenvalue weighted by Crippen LogP contribution is 2.80. The Bertz CT molecular complexity index is 1000. The van der Waals surface area contributed by atoms with Crippen molar-refractivity contribution in [2.45, 2.75) is 48.3 Å². The highest BCUT2D eigenvalue weighted by molar-refractivity contribution is 7.75. The fourth-order valence-electron chi connectivity index (χ4n) is 6.45. The van der Waals surface area contributed by atoms with Crippen LogP contribution >= 0.6 is 15.8 Å².